The van der Waals surface area contributed by atoms with Crippen LogP contribution in [0.25, 0.3) is 0 Å². The maximum atomic E-state index is 12.5. The number of hydrogen-bond acceptors (Lipinski definition) is 4. The molecule has 0 bridgehead atoms. The largest absolute Gasteiger partial charge is 0.495 e. The number of nitrogens with one attached hydrogen (secondary N) is 2. The molecule has 0 saturated heterocycles. The van der Waals surface area contributed by atoms with Crippen molar-refractivity contribution in [2.24, 2.45) is 11.8 Å². The Morgan fingerprint density at radius 1 is 1.12 bits per heavy atom. The van der Waals surface area contributed by atoms with Crippen LogP contribution in [0.15, 0.2) is 30.4 Å². The summed E-state index contributed by atoms with van der Waals surface area (Å²) in [5, 5.41) is 14.6. The van der Waals surface area contributed by atoms with E-state index in [-0.39, 0.29) is 11.8 Å². The second kappa shape index (κ2) is 7.63. The molecule has 2 rings (SSSR count). The maximum absolute atomic E-state index is 12.5. The topological polar surface area (TPSA) is 105 Å². The van der Waals surface area contributed by atoms with E-state index in [1.165, 1.54) is 14.0 Å². The van der Waals surface area contributed by atoms with E-state index in [0.717, 1.165) is 0 Å². The molecule has 7 nitrogen and oxygen atoms in total. The van der Waals surface area contributed by atoms with Crippen molar-refractivity contribution >= 4 is 29.2 Å². The van der Waals surface area contributed by atoms with Crippen LogP contribution in [0.1, 0.15) is 19.8 Å². The van der Waals surface area contributed by atoms with Gasteiger partial charge in [0.05, 0.1) is 24.6 Å². The predicted octanol–water partition coefficient (Wildman–Crippen LogP) is 2.26. The fourth-order valence-electron chi connectivity index (χ4n) is 2.69. The lowest BCUT2D eigenvalue weighted by Crippen LogP contribution is -2.34. The number of hydrogen-bond donors (Lipinski definition) is 3. The van der Waals surface area contributed by atoms with Crippen LogP contribution in [0.2, 0.25) is 0 Å². The first-order chi connectivity index (χ1) is 11.4. The highest BCUT2D eigenvalue weighted by molar-refractivity contribution is 5.98. The molecule has 2 amide bonds. The molecule has 128 valence electrons. The zero-order chi connectivity index (χ0) is 17.7. The normalized spacial score (nSPS) is 19.4. The SMILES string of the molecule is COc1ccc(NC(C)=O)cc1NC(=O)[C@H]1CC=CC[C@@H]1C(=O)O. The number of aliphatic carboxylic acids is 1. The summed E-state index contributed by atoms with van der Waals surface area (Å²) in [7, 11) is 1.46. The summed E-state index contributed by atoms with van der Waals surface area (Å²) in [5.74, 6) is -2.58. The molecule has 24 heavy (non-hydrogen) atoms. The molecule has 1 aromatic carbocycles. The van der Waals surface area contributed by atoms with Crippen LogP contribution >= 0.6 is 0 Å². The Kier molecular flexibility index (Phi) is 5.57. The first kappa shape index (κ1) is 17.5. The van der Waals surface area contributed by atoms with Gasteiger partial charge in [0, 0.05) is 12.6 Å². The molecular formula is C17H20N2O5. The van der Waals surface area contributed by atoms with E-state index in [0.29, 0.717) is 30.0 Å². The van der Waals surface area contributed by atoms with Gasteiger partial charge in [-0.25, -0.2) is 0 Å². The molecule has 0 saturated carbocycles. The minimum atomic E-state index is -0.988. The van der Waals surface area contributed by atoms with Crippen LogP contribution in [0, 0.1) is 11.8 Å². The van der Waals surface area contributed by atoms with Gasteiger partial charge in [-0.1, -0.05) is 12.2 Å². The predicted molar refractivity (Wildman–Crippen MR) is 88.9 cm³/mol. The smallest absolute Gasteiger partial charge is 0.307 e. The number of benzene rings is 1. The molecule has 0 aromatic heterocycles. The van der Waals surface area contributed by atoms with Gasteiger partial charge in [0.1, 0.15) is 5.75 Å². The zero-order valence-corrected chi connectivity index (χ0v) is 13.5. The Balaban J connectivity index is 2.22. The van der Waals surface area contributed by atoms with Crippen molar-refractivity contribution < 1.29 is 24.2 Å². The number of rotatable bonds is 5. The molecule has 1 aliphatic rings. The van der Waals surface area contributed by atoms with Crippen LogP contribution in [0.3, 0.4) is 0 Å². The summed E-state index contributed by atoms with van der Waals surface area (Å²) in [6.45, 7) is 1.38. The number of allylic oxidation sites excluding steroid dienone is 2. The molecule has 0 fully saturated rings. The Labute approximate surface area is 139 Å². The summed E-state index contributed by atoms with van der Waals surface area (Å²) in [6, 6.07) is 4.85. The van der Waals surface area contributed by atoms with E-state index in [4.69, 9.17) is 4.74 Å². The standard InChI is InChI=1S/C17H20N2O5/c1-10(20)18-11-7-8-15(24-2)14(9-11)19-16(21)12-5-3-4-6-13(12)17(22)23/h3-4,7-9,12-13H,5-6H2,1-2H3,(H,18,20)(H,19,21)(H,22,23)/t12-,13-/m0/s1. The number of amides is 2. The van der Waals surface area contributed by atoms with Crippen molar-refractivity contribution in [3.8, 4) is 5.75 Å². The molecule has 3 N–H and O–H groups in total. The summed E-state index contributed by atoms with van der Waals surface area (Å²) in [5.41, 5.74) is 0.893. The van der Waals surface area contributed by atoms with E-state index in [1.807, 2.05) is 6.08 Å². The zero-order valence-electron chi connectivity index (χ0n) is 13.5. The second-order valence-electron chi connectivity index (χ2n) is 5.58. The molecule has 1 aromatic rings. The number of ether oxygens (including phenoxy) is 1. The van der Waals surface area contributed by atoms with Crippen molar-refractivity contribution in [1.82, 2.24) is 0 Å². The highest BCUT2D eigenvalue weighted by Crippen LogP contribution is 2.31. The molecule has 2 atom stereocenters. The Morgan fingerprint density at radius 2 is 1.79 bits per heavy atom. The van der Waals surface area contributed by atoms with E-state index < -0.39 is 17.8 Å². The highest BCUT2D eigenvalue weighted by Gasteiger charge is 2.34. The average molecular weight is 332 g/mol. The highest BCUT2D eigenvalue weighted by atomic mass is 16.5. The van der Waals surface area contributed by atoms with Crippen LogP contribution in [-0.2, 0) is 14.4 Å². The lowest BCUT2D eigenvalue weighted by Gasteiger charge is -2.24. The van der Waals surface area contributed by atoms with Gasteiger partial charge >= 0.3 is 5.97 Å². The number of carboxylic acid groups (broad SMARTS) is 1. The molecule has 7 heteroatoms. The summed E-state index contributed by atoms with van der Waals surface area (Å²) < 4.78 is 5.21. The number of carboxylic acids is 1. The van der Waals surface area contributed by atoms with Crippen LogP contribution in [0.5, 0.6) is 5.75 Å². The van der Waals surface area contributed by atoms with Gasteiger partial charge in [0.2, 0.25) is 11.8 Å². The molecular weight excluding hydrogens is 312 g/mol. The Bertz CT molecular complexity index is 684. The summed E-state index contributed by atoms with van der Waals surface area (Å²) in [4.78, 5) is 35.0. The lowest BCUT2D eigenvalue weighted by molar-refractivity contribution is -0.146. The monoisotopic (exact) mass is 332 g/mol. The fourth-order valence-corrected chi connectivity index (χ4v) is 2.69. The first-order valence-corrected chi connectivity index (χ1v) is 7.56. The van der Waals surface area contributed by atoms with Gasteiger partial charge in [-0.3, -0.25) is 14.4 Å². The van der Waals surface area contributed by atoms with Gasteiger partial charge in [0.15, 0.2) is 0 Å². The van der Waals surface area contributed by atoms with Crippen molar-refractivity contribution in [3.05, 3.63) is 30.4 Å². The van der Waals surface area contributed by atoms with E-state index in [9.17, 15) is 19.5 Å². The fraction of sp³-hybridized carbons (Fsp3) is 0.353. The van der Waals surface area contributed by atoms with Crippen molar-refractivity contribution in [3.63, 3.8) is 0 Å². The number of anilines is 2. The van der Waals surface area contributed by atoms with Crippen LogP contribution in [-0.4, -0.2) is 30.0 Å². The maximum Gasteiger partial charge on any atom is 0.307 e. The Hall–Kier alpha value is -2.83. The van der Waals surface area contributed by atoms with Crippen molar-refractivity contribution in [2.75, 3.05) is 17.7 Å². The second-order valence-corrected chi connectivity index (χ2v) is 5.58. The molecule has 0 spiro atoms. The first-order valence-electron chi connectivity index (χ1n) is 7.56. The minimum absolute atomic E-state index is 0.235. The van der Waals surface area contributed by atoms with Gasteiger partial charge in [-0.15, -0.1) is 0 Å². The number of methoxy groups -OCH3 is 1. The number of carbonyl (C=O) groups is 3. The van der Waals surface area contributed by atoms with Crippen molar-refractivity contribution in [2.45, 2.75) is 19.8 Å². The Morgan fingerprint density at radius 3 is 2.38 bits per heavy atom. The number of carbonyl (C=O) groups excluding carboxylic acids is 2. The third-order valence-corrected chi connectivity index (χ3v) is 3.86. The van der Waals surface area contributed by atoms with Gasteiger partial charge in [-0.05, 0) is 31.0 Å². The van der Waals surface area contributed by atoms with E-state index in [2.05, 4.69) is 10.6 Å². The minimum Gasteiger partial charge on any atom is -0.495 e. The van der Waals surface area contributed by atoms with Gasteiger partial charge in [-0.2, -0.15) is 0 Å². The van der Waals surface area contributed by atoms with E-state index in [1.54, 1.807) is 24.3 Å². The average Bonchev–Trinajstić information content (AvgIpc) is 2.54. The van der Waals surface area contributed by atoms with Crippen molar-refractivity contribution in [1.29, 1.82) is 0 Å². The van der Waals surface area contributed by atoms with Gasteiger partial charge < -0.3 is 20.5 Å². The third kappa shape index (κ3) is 4.13. The summed E-state index contributed by atoms with van der Waals surface area (Å²) >= 11 is 0. The van der Waals surface area contributed by atoms with Crippen LogP contribution in [0.4, 0.5) is 11.4 Å². The summed E-state index contributed by atoms with van der Waals surface area (Å²) in [6.07, 6.45) is 4.29. The third-order valence-electron chi connectivity index (χ3n) is 3.86. The quantitative estimate of drug-likeness (QED) is 0.717. The lowest BCUT2D eigenvalue weighted by atomic mass is 9.82. The van der Waals surface area contributed by atoms with Crippen LogP contribution < -0.4 is 15.4 Å². The van der Waals surface area contributed by atoms with E-state index >= 15 is 0 Å². The molecule has 0 heterocycles. The molecule has 0 unspecified atom stereocenters. The molecule has 0 aliphatic heterocycles. The molecule has 1 aliphatic carbocycles. The molecule has 0 radical (unpaired) electrons. The van der Waals surface area contributed by atoms with Gasteiger partial charge in [0.25, 0.3) is 0 Å².